The summed E-state index contributed by atoms with van der Waals surface area (Å²) in [5.41, 5.74) is 0. The van der Waals surface area contributed by atoms with Gasteiger partial charge in [0, 0.05) is 19.5 Å². The van der Waals surface area contributed by atoms with Crippen molar-refractivity contribution < 1.29 is 9.90 Å². The average molecular weight is 183 g/mol. The summed E-state index contributed by atoms with van der Waals surface area (Å²) in [5.74, 6) is 0.413. The van der Waals surface area contributed by atoms with Crippen LogP contribution in [0.4, 0.5) is 0 Å². The molecule has 3 heteroatoms. The summed E-state index contributed by atoms with van der Waals surface area (Å²) in [6, 6.07) is 0.187. The highest BCUT2D eigenvalue weighted by Crippen LogP contribution is 2.23. The van der Waals surface area contributed by atoms with Crippen LogP contribution in [0.1, 0.15) is 32.1 Å². The monoisotopic (exact) mass is 183 g/mol. The first kappa shape index (κ1) is 9.16. The van der Waals surface area contributed by atoms with E-state index >= 15 is 0 Å². The van der Waals surface area contributed by atoms with Gasteiger partial charge < -0.3 is 5.11 Å². The zero-order valence-corrected chi connectivity index (χ0v) is 7.91. The number of ketones is 1. The SMILES string of the molecule is O=C1CCCC1N1CCC(O)CC1. The molecule has 0 aromatic heterocycles. The van der Waals surface area contributed by atoms with Crippen LogP contribution in [0.3, 0.4) is 0 Å². The van der Waals surface area contributed by atoms with E-state index in [0.717, 1.165) is 45.2 Å². The van der Waals surface area contributed by atoms with Gasteiger partial charge in [-0.25, -0.2) is 0 Å². The smallest absolute Gasteiger partial charge is 0.149 e. The quantitative estimate of drug-likeness (QED) is 0.646. The molecule has 13 heavy (non-hydrogen) atoms. The minimum absolute atomic E-state index is 0.132. The van der Waals surface area contributed by atoms with Gasteiger partial charge in [-0.1, -0.05) is 0 Å². The highest BCUT2D eigenvalue weighted by atomic mass is 16.3. The first-order chi connectivity index (χ1) is 6.27. The Morgan fingerprint density at radius 1 is 1.23 bits per heavy atom. The lowest BCUT2D eigenvalue weighted by atomic mass is 10.0. The van der Waals surface area contributed by atoms with Crippen molar-refractivity contribution in [2.24, 2.45) is 0 Å². The normalized spacial score (nSPS) is 32.7. The Kier molecular flexibility index (Phi) is 2.65. The molecule has 2 fully saturated rings. The van der Waals surface area contributed by atoms with E-state index in [9.17, 15) is 9.90 Å². The summed E-state index contributed by atoms with van der Waals surface area (Å²) in [7, 11) is 0. The summed E-state index contributed by atoms with van der Waals surface area (Å²) >= 11 is 0. The van der Waals surface area contributed by atoms with Crippen LogP contribution < -0.4 is 0 Å². The summed E-state index contributed by atoms with van der Waals surface area (Å²) in [5, 5.41) is 9.32. The van der Waals surface area contributed by atoms with Gasteiger partial charge in [-0.05, 0) is 25.7 Å². The minimum atomic E-state index is -0.132. The zero-order chi connectivity index (χ0) is 9.26. The highest BCUT2D eigenvalue weighted by molar-refractivity contribution is 5.85. The molecule has 0 bridgehead atoms. The third-order valence-corrected chi connectivity index (χ3v) is 3.21. The maximum atomic E-state index is 11.5. The van der Waals surface area contributed by atoms with Gasteiger partial charge in [0.15, 0.2) is 0 Å². The van der Waals surface area contributed by atoms with Crippen molar-refractivity contribution in [1.29, 1.82) is 0 Å². The van der Waals surface area contributed by atoms with Crippen molar-refractivity contribution in [3.8, 4) is 0 Å². The van der Waals surface area contributed by atoms with Gasteiger partial charge in [0.05, 0.1) is 12.1 Å². The third-order valence-electron chi connectivity index (χ3n) is 3.21. The number of likely N-dealkylation sites (tertiary alicyclic amines) is 1. The molecule has 1 aliphatic carbocycles. The molecule has 0 aromatic rings. The molecule has 1 saturated carbocycles. The van der Waals surface area contributed by atoms with E-state index in [2.05, 4.69) is 4.90 Å². The molecule has 0 radical (unpaired) electrons. The highest BCUT2D eigenvalue weighted by Gasteiger charge is 2.31. The van der Waals surface area contributed by atoms with Gasteiger partial charge >= 0.3 is 0 Å². The van der Waals surface area contributed by atoms with Crippen molar-refractivity contribution >= 4 is 5.78 Å². The number of Topliss-reactive ketones (excluding diaryl/α,β-unsaturated/α-hetero) is 1. The molecule has 2 rings (SSSR count). The van der Waals surface area contributed by atoms with E-state index in [4.69, 9.17) is 0 Å². The molecule has 1 atom stereocenters. The Labute approximate surface area is 78.7 Å². The number of rotatable bonds is 1. The largest absolute Gasteiger partial charge is 0.393 e. The number of carbonyl (C=O) groups is 1. The van der Waals surface area contributed by atoms with Crippen LogP contribution in [0.25, 0.3) is 0 Å². The van der Waals surface area contributed by atoms with Gasteiger partial charge in [-0.3, -0.25) is 9.69 Å². The molecule has 74 valence electrons. The van der Waals surface area contributed by atoms with E-state index < -0.39 is 0 Å². The molecule has 0 spiro atoms. The second kappa shape index (κ2) is 3.76. The number of aliphatic hydroxyl groups is 1. The van der Waals surface area contributed by atoms with Crippen molar-refractivity contribution in [1.82, 2.24) is 4.90 Å². The number of carbonyl (C=O) groups excluding carboxylic acids is 1. The van der Waals surface area contributed by atoms with Crippen molar-refractivity contribution in [2.45, 2.75) is 44.2 Å². The second-order valence-electron chi connectivity index (χ2n) is 4.14. The number of hydrogen-bond acceptors (Lipinski definition) is 3. The molecule has 0 aromatic carbocycles. The third kappa shape index (κ3) is 1.92. The van der Waals surface area contributed by atoms with Crippen LogP contribution in [0, 0.1) is 0 Å². The fraction of sp³-hybridized carbons (Fsp3) is 0.900. The van der Waals surface area contributed by atoms with Crippen molar-refractivity contribution in [2.75, 3.05) is 13.1 Å². The maximum absolute atomic E-state index is 11.5. The molecular weight excluding hydrogens is 166 g/mol. The predicted molar refractivity (Wildman–Crippen MR) is 49.5 cm³/mol. The van der Waals surface area contributed by atoms with E-state index in [1.807, 2.05) is 0 Å². The second-order valence-corrected chi connectivity index (χ2v) is 4.14. The van der Waals surface area contributed by atoms with E-state index in [-0.39, 0.29) is 12.1 Å². The topological polar surface area (TPSA) is 40.5 Å². The van der Waals surface area contributed by atoms with Crippen LogP contribution in [0.15, 0.2) is 0 Å². The summed E-state index contributed by atoms with van der Waals surface area (Å²) in [6.07, 6.45) is 4.40. The molecular formula is C10H17NO2. The Hall–Kier alpha value is -0.410. The van der Waals surface area contributed by atoms with Crippen molar-refractivity contribution in [3.05, 3.63) is 0 Å². The number of hydrogen-bond donors (Lipinski definition) is 1. The van der Waals surface area contributed by atoms with Crippen molar-refractivity contribution in [3.63, 3.8) is 0 Å². The first-order valence-electron chi connectivity index (χ1n) is 5.22. The number of nitrogens with zero attached hydrogens (tertiary/aromatic N) is 1. The lowest BCUT2D eigenvalue weighted by molar-refractivity contribution is -0.122. The van der Waals surface area contributed by atoms with Crippen LogP contribution >= 0.6 is 0 Å². The molecule has 1 N–H and O–H groups in total. The van der Waals surface area contributed by atoms with Crippen LogP contribution in [0.5, 0.6) is 0 Å². The number of aliphatic hydroxyl groups excluding tert-OH is 1. The summed E-state index contributed by atoms with van der Waals surface area (Å²) in [4.78, 5) is 13.7. The fourth-order valence-corrected chi connectivity index (χ4v) is 2.38. The van der Waals surface area contributed by atoms with Crippen LogP contribution in [0.2, 0.25) is 0 Å². The fourth-order valence-electron chi connectivity index (χ4n) is 2.38. The lowest BCUT2D eigenvalue weighted by Gasteiger charge is -2.33. The molecule has 0 amide bonds. The van der Waals surface area contributed by atoms with Gasteiger partial charge in [-0.2, -0.15) is 0 Å². The van der Waals surface area contributed by atoms with Gasteiger partial charge in [0.25, 0.3) is 0 Å². The molecule has 2 aliphatic rings. The van der Waals surface area contributed by atoms with Gasteiger partial charge in [-0.15, -0.1) is 0 Å². The molecule has 3 nitrogen and oxygen atoms in total. The standard InChI is InChI=1S/C10H17NO2/c12-8-4-6-11(7-5-8)9-2-1-3-10(9)13/h8-9,12H,1-7H2. The Morgan fingerprint density at radius 3 is 2.46 bits per heavy atom. The van der Waals surface area contributed by atoms with E-state index in [1.54, 1.807) is 0 Å². The van der Waals surface area contributed by atoms with Crippen LogP contribution in [-0.2, 0) is 4.79 Å². The van der Waals surface area contributed by atoms with Gasteiger partial charge in [0.2, 0.25) is 0 Å². The predicted octanol–water partition coefficient (Wildman–Crippen LogP) is 0.565. The van der Waals surface area contributed by atoms with Gasteiger partial charge in [0.1, 0.15) is 5.78 Å². The minimum Gasteiger partial charge on any atom is -0.393 e. The summed E-state index contributed by atoms with van der Waals surface area (Å²) in [6.45, 7) is 1.80. The van der Waals surface area contributed by atoms with E-state index in [1.165, 1.54) is 0 Å². The van der Waals surface area contributed by atoms with Crippen LogP contribution in [-0.4, -0.2) is 41.0 Å². The number of piperidine rings is 1. The molecule has 1 saturated heterocycles. The summed E-state index contributed by atoms with van der Waals surface area (Å²) < 4.78 is 0. The molecule has 1 heterocycles. The lowest BCUT2D eigenvalue weighted by Crippen LogP contribution is -2.44. The Bertz CT molecular complexity index is 197. The molecule has 1 aliphatic heterocycles. The zero-order valence-electron chi connectivity index (χ0n) is 7.91. The average Bonchev–Trinajstić information content (AvgIpc) is 2.53. The van der Waals surface area contributed by atoms with E-state index in [0.29, 0.717) is 5.78 Å². The Morgan fingerprint density at radius 2 is 1.92 bits per heavy atom. The molecule has 1 unspecified atom stereocenters. The maximum Gasteiger partial charge on any atom is 0.149 e. The Balaban J connectivity index is 1.90. The first-order valence-corrected chi connectivity index (χ1v) is 5.22.